The number of quaternary nitrogens is 1. The fourth-order valence-corrected chi connectivity index (χ4v) is 2.02. The second-order valence-electron chi connectivity index (χ2n) is 5.68. The number of unbranched alkanes of at least 4 members (excludes halogenated alkanes) is 4. The molecule has 118 valence electrons. The van der Waals surface area contributed by atoms with Gasteiger partial charge in [0.2, 0.25) is 0 Å². The molecule has 5 heteroatoms. The predicted molar refractivity (Wildman–Crippen MR) is 78.5 cm³/mol. The summed E-state index contributed by atoms with van der Waals surface area (Å²) < 4.78 is 23.0. The molecular formula is C15H30NO4+. The van der Waals surface area contributed by atoms with Crippen molar-refractivity contribution in [3.8, 4) is 0 Å². The molecule has 1 unspecified atom stereocenters. The molecule has 5 nitrogen and oxygen atoms in total. The van der Waals surface area contributed by atoms with Gasteiger partial charge in [0, 0.05) is 6.42 Å². The van der Waals surface area contributed by atoms with E-state index in [1.54, 1.807) is 0 Å². The minimum absolute atomic E-state index is 0.151. The average molecular weight is 291 g/mol. The molecule has 0 fully saturated rings. The SMILES string of the molecule is [2H]C(O)(CC(=O)O)C([2H])([2H])[N+](C)(C)CC(=O)CCCCCCC. The smallest absolute Gasteiger partial charge is 0.306 e. The second-order valence-corrected chi connectivity index (χ2v) is 5.68. The zero-order valence-corrected chi connectivity index (χ0v) is 12.8. The van der Waals surface area contributed by atoms with Crippen molar-refractivity contribution in [3.05, 3.63) is 0 Å². The van der Waals surface area contributed by atoms with Crippen molar-refractivity contribution < 1.29 is 28.4 Å². The number of Topliss-reactive ketones (excluding diaryl/α,β-unsaturated/α-hetero) is 1. The summed E-state index contributed by atoms with van der Waals surface area (Å²) in [6.45, 7) is -0.683. The van der Waals surface area contributed by atoms with E-state index in [0.29, 0.717) is 6.42 Å². The fourth-order valence-electron chi connectivity index (χ4n) is 2.02. The van der Waals surface area contributed by atoms with Gasteiger partial charge in [-0.2, -0.15) is 0 Å². The molecule has 0 amide bonds. The number of nitrogens with zero attached hydrogens (tertiary/aromatic N) is 1. The Morgan fingerprint density at radius 3 is 2.40 bits per heavy atom. The van der Waals surface area contributed by atoms with Crippen LogP contribution in [0.4, 0.5) is 0 Å². The minimum atomic E-state index is -2.82. The van der Waals surface area contributed by atoms with E-state index < -0.39 is 29.5 Å². The van der Waals surface area contributed by atoms with Gasteiger partial charge in [0.1, 0.15) is 19.1 Å². The molecule has 2 N–H and O–H groups in total. The molecule has 0 rings (SSSR count). The molecule has 1 atom stereocenters. The van der Waals surface area contributed by atoms with Gasteiger partial charge >= 0.3 is 5.97 Å². The van der Waals surface area contributed by atoms with Crippen LogP contribution in [-0.2, 0) is 9.59 Å². The van der Waals surface area contributed by atoms with Crippen molar-refractivity contribution in [2.75, 3.05) is 27.1 Å². The number of carboxylic acid groups (broad SMARTS) is 1. The summed E-state index contributed by atoms with van der Waals surface area (Å²) in [6.07, 6.45) is 1.45. The maximum atomic E-state index is 12.0. The van der Waals surface area contributed by atoms with Gasteiger partial charge in [-0.15, -0.1) is 0 Å². The van der Waals surface area contributed by atoms with Gasteiger partial charge in [-0.05, 0) is 6.42 Å². The topological polar surface area (TPSA) is 74.6 Å². The third-order valence-electron chi connectivity index (χ3n) is 2.88. The molecule has 0 aromatic carbocycles. The third kappa shape index (κ3) is 10.9. The number of rotatable bonds is 12. The van der Waals surface area contributed by atoms with E-state index in [9.17, 15) is 14.7 Å². The van der Waals surface area contributed by atoms with E-state index in [4.69, 9.17) is 9.22 Å². The van der Waals surface area contributed by atoms with Crippen molar-refractivity contribution in [2.45, 2.75) is 57.9 Å². The van der Waals surface area contributed by atoms with Crippen LogP contribution in [0.1, 0.15) is 56.0 Å². The second kappa shape index (κ2) is 9.88. The van der Waals surface area contributed by atoms with Crippen LogP contribution in [0.15, 0.2) is 0 Å². The minimum Gasteiger partial charge on any atom is -0.481 e. The Kier molecular flexibility index (Phi) is 6.93. The van der Waals surface area contributed by atoms with E-state index in [-0.39, 0.29) is 12.3 Å². The standard InChI is InChI=1S/C15H29NO4/c1-4-5-6-7-8-9-13(17)11-16(2,3)12-14(18)10-15(19)20/h14,18H,4-12H2,1-3H3/p+1/i12D2,14D. The largest absolute Gasteiger partial charge is 0.481 e. The highest BCUT2D eigenvalue weighted by Gasteiger charge is 2.24. The summed E-state index contributed by atoms with van der Waals surface area (Å²) in [4.78, 5) is 22.8. The normalized spacial score (nSPS) is 17.7. The number of aliphatic hydroxyl groups is 1. The number of carbonyl (C=O) groups is 2. The van der Waals surface area contributed by atoms with E-state index in [2.05, 4.69) is 6.92 Å². The number of aliphatic carboxylic acids is 1. The van der Waals surface area contributed by atoms with Gasteiger partial charge in [-0.1, -0.05) is 32.6 Å². The molecular weight excluding hydrogens is 258 g/mol. The molecule has 0 saturated carbocycles. The first-order valence-electron chi connectivity index (χ1n) is 8.66. The number of hydrogen-bond donors (Lipinski definition) is 2. The Balaban J connectivity index is 4.70. The number of hydrogen-bond acceptors (Lipinski definition) is 3. The Morgan fingerprint density at radius 2 is 1.85 bits per heavy atom. The Bertz CT molecular complexity index is 412. The zero-order valence-electron chi connectivity index (χ0n) is 15.8. The molecule has 0 heterocycles. The highest BCUT2D eigenvalue weighted by Crippen LogP contribution is 2.08. The lowest BCUT2D eigenvalue weighted by Gasteiger charge is -2.30. The maximum absolute atomic E-state index is 12.0. The highest BCUT2D eigenvalue weighted by molar-refractivity contribution is 5.79. The van der Waals surface area contributed by atoms with Crippen molar-refractivity contribution in [3.63, 3.8) is 0 Å². The van der Waals surface area contributed by atoms with Crippen LogP contribution in [-0.4, -0.2) is 59.7 Å². The van der Waals surface area contributed by atoms with E-state index in [1.807, 2.05) is 0 Å². The van der Waals surface area contributed by atoms with Crippen LogP contribution in [0.3, 0.4) is 0 Å². The lowest BCUT2D eigenvalue weighted by Crippen LogP contribution is -2.48. The molecule has 0 aliphatic carbocycles. The van der Waals surface area contributed by atoms with Crippen molar-refractivity contribution in [2.24, 2.45) is 0 Å². The fraction of sp³-hybridized carbons (Fsp3) is 0.867. The molecule has 0 radical (unpaired) electrons. The first-order valence-corrected chi connectivity index (χ1v) is 7.16. The predicted octanol–water partition coefficient (Wildman–Crippen LogP) is 1.83. The summed E-state index contributed by atoms with van der Waals surface area (Å²) in [5.74, 6) is -1.62. The number of carbonyl (C=O) groups excluding carboxylic acids is 1. The highest BCUT2D eigenvalue weighted by atomic mass is 16.4. The molecule has 0 aromatic heterocycles. The van der Waals surface area contributed by atoms with Crippen LogP contribution in [0.25, 0.3) is 0 Å². The van der Waals surface area contributed by atoms with Gasteiger partial charge in [0.15, 0.2) is 5.78 Å². The summed E-state index contributed by atoms with van der Waals surface area (Å²) in [5, 5.41) is 18.6. The van der Waals surface area contributed by atoms with E-state index >= 15 is 0 Å². The van der Waals surface area contributed by atoms with Crippen LogP contribution in [0.2, 0.25) is 0 Å². The summed E-state index contributed by atoms with van der Waals surface area (Å²) in [7, 11) is 2.77. The van der Waals surface area contributed by atoms with Crippen LogP contribution >= 0.6 is 0 Å². The first kappa shape index (κ1) is 14.0. The van der Waals surface area contributed by atoms with Gasteiger partial charge in [-0.25, -0.2) is 0 Å². The molecule has 0 aromatic rings. The van der Waals surface area contributed by atoms with Crippen LogP contribution < -0.4 is 0 Å². The van der Waals surface area contributed by atoms with Gasteiger partial charge < -0.3 is 14.7 Å². The maximum Gasteiger partial charge on any atom is 0.306 e. The average Bonchev–Trinajstić information content (AvgIpc) is 2.35. The van der Waals surface area contributed by atoms with Crippen LogP contribution in [0.5, 0.6) is 0 Å². The lowest BCUT2D eigenvalue weighted by atomic mass is 10.1. The molecule has 0 spiro atoms. The molecule has 0 saturated heterocycles. The van der Waals surface area contributed by atoms with Gasteiger partial charge in [0.05, 0.1) is 24.6 Å². The summed E-state index contributed by atoms with van der Waals surface area (Å²) in [5.41, 5.74) is 0. The Morgan fingerprint density at radius 1 is 1.25 bits per heavy atom. The number of ketones is 1. The zero-order chi connectivity index (χ0) is 18.3. The third-order valence-corrected chi connectivity index (χ3v) is 2.88. The lowest BCUT2D eigenvalue weighted by molar-refractivity contribution is -0.885. The quantitative estimate of drug-likeness (QED) is 0.425. The van der Waals surface area contributed by atoms with E-state index in [1.165, 1.54) is 14.1 Å². The first-order chi connectivity index (χ1) is 10.4. The Labute approximate surface area is 126 Å². The number of carboxylic acids is 1. The van der Waals surface area contributed by atoms with Crippen molar-refractivity contribution in [1.82, 2.24) is 0 Å². The summed E-state index contributed by atoms with van der Waals surface area (Å²) >= 11 is 0. The molecule has 20 heavy (non-hydrogen) atoms. The van der Waals surface area contributed by atoms with Crippen molar-refractivity contribution >= 4 is 11.8 Å². The molecule has 0 aliphatic rings. The van der Waals surface area contributed by atoms with E-state index in [0.717, 1.165) is 32.1 Å². The monoisotopic (exact) mass is 291 g/mol. The molecule has 0 aliphatic heterocycles. The summed E-state index contributed by atoms with van der Waals surface area (Å²) in [6, 6.07) is 0. The number of likely N-dealkylation sites (N-methyl/N-ethyl adjacent to an activating group) is 1. The van der Waals surface area contributed by atoms with Crippen molar-refractivity contribution in [1.29, 1.82) is 0 Å². The van der Waals surface area contributed by atoms with Gasteiger partial charge in [-0.3, -0.25) is 9.59 Å². The Hall–Kier alpha value is -0.940. The van der Waals surface area contributed by atoms with Gasteiger partial charge in [0.25, 0.3) is 0 Å². The van der Waals surface area contributed by atoms with Crippen LogP contribution in [0, 0.1) is 0 Å². The molecule has 0 bridgehead atoms.